The maximum Gasteiger partial charge on any atom is 0.0991 e. The quantitative estimate of drug-likeness (QED) is 0.935. The molecule has 21 heavy (non-hydrogen) atoms. The van der Waals surface area contributed by atoms with Crippen LogP contribution >= 0.6 is 0 Å². The summed E-state index contributed by atoms with van der Waals surface area (Å²) in [5.74, 6) is 0. The molecule has 0 bridgehead atoms. The van der Waals surface area contributed by atoms with Crippen LogP contribution in [0.1, 0.15) is 27.9 Å². The molecule has 0 saturated heterocycles. The Kier molecular flexibility index (Phi) is 4.56. The van der Waals surface area contributed by atoms with Crippen LogP contribution in [0.4, 0.5) is 5.69 Å². The summed E-state index contributed by atoms with van der Waals surface area (Å²) in [6.45, 7) is 5.47. The molecule has 2 rings (SSSR count). The van der Waals surface area contributed by atoms with Crippen molar-refractivity contribution in [2.45, 2.75) is 26.9 Å². The van der Waals surface area contributed by atoms with Crippen molar-refractivity contribution in [3.63, 3.8) is 0 Å². The lowest BCUT2D eigenvalue weighted by molar-refractivity contribution is 0.314. The van der Waals surface area contributed by atoms with Gasteiger partial charge in [0.25, 0.3) is 0 Å². The Morgan fingerprint density at radius 2 is 2.05 bits per heavy atom. The van der Waals surface area contributed by atoms with Crippen molar-refractivity contribution in [1.29, 1.82) is 5.26 Å². The molecule has 4 nitrogen and oxygen atoms in total. The van der Waals surface area contributed by atoms with Crippen molar-refractivity contribution in [2.75, 3.05) is 12.8 Å². The van der Waals surface area contributed by atoms with E-state index < -0.39 is 0 Å². The fraction of sp³-hybridized carbons (Fsp3) is 0.294. The normalized spacial score (nSPS) is 10.6. The van der Waals surface area contributed by atoms with Crippen LogP contribution in [0.2, 0.25) is 0 Å². The van der Waals surface area contributed by atoms with E-state index in [0.717, 1.165) is 41.2 Å². The number of nitrogens with zero attached hydrogens (tertiary/aromatic N) is 3. The molecule has 1 heterocycles. The summed E-state index contributed by atoms with van der Waals surface area (Å²) in [5.41, 5.74) is 11.7. The minimum atomic E-state index is 0.690. The lowest BCUT2D eigenvalue weighted by Gasteiger charge is -2.18. The zero-order chi connectivity index (χ0) is 15.4. The largest absolute Gasteiger partial charge is 0.398 e. The minimum absolute atomic E-state index is 0.690. The van der Waals surface area contributed by atoms with Crippen molar-refractivity contribution in [3.05, 3.63) is 58.4 Å². The first kappa shape index (κ1) is 15.0. The molecule has 0 unspecified atom stereocenters. The summed E-state index contributed by atoms with van der Waals surface area (Å²) >= 11 is 0. The lowest BCUT2D eigenvalue weighted by atomic mass is 10.1. The smallest absolute Gasteiger partial charge is 0.0991 e. The van der Waals surface area contributed by atoms with E-state index in [0.29, 0.717) is 5.56 Å². The van der Waals surface area contributed by atoms with Gasteiger partial charge in [-0.2, -0.15) is 5.26 Å². The standard InChI is InChI=1S/C17H20N4/c1-12-9-20-16(13(2)17(12)19)11-21(3)10-15-6-4-5-14(7-15)8-18/h4-7,9H,10-11H2,1-3H3,(H2,19,20). The maximum absolute atomic E-state index is 8.94. The van der Waals surface area contributed by atoms with Crippen molar-refractivity contribution >= 4 is 5.69 Å². The molecule has 2 N–H and O–H groups in total. The molecule has 1 aromatic heterocycles. The third kappa shape index (κ3) is 3.59. The van der Waals surface area contributed by atoms with E-state index in [2.05, 4.69) is 16.0 Å². The maximum atomic E-state index is 8.94. The van der Waals surface area contributed by atoms with Crippen LogP contribution in [0, 0.1) is 25.2 Å². The number of benzene rings is 1. The first-order valence-corrected chi connectivity index (χ1v) is 6.89. The van der Waals surface area contributed by atoms with E-state index in [4.69, 9.17) is 11.0 Å². The number of nitrogens with two attached hydrogens (primary N) is 1. The number of pyridine rings is 1. The second-order valence-corrected chi connectivity index (χ2v) is 5.41. The van der Waals surface area contributed by atoms with Gasteiger partial charge in [0, 0.05) is 25.0 Å². The average molecular weight is 280 g/mol. The highest BCUT2D eigenvalue weighted by atomic mass is 15.1. The van der Waals surface area contributed by atoms with E-state index in [1.165, 1.54) is 0 Å². The second-order valence-electron chi connectivity index (χ2n) is 5.41. The first-order valence-electron chi connectivity index (χ1n) is 6.89. The predicted octanol–water partition coefficient (Wildman–Crippen LogP) is 2.78. The Hall–Kier alpha value is -2.38. The first-order chi connectivity index (χ1) is 10.0. The van der Waals surface area contributed by atoms with Crippen LogP contribution in [0.5, 0.6) is 0 Å². The van der Waals surface area contributed by atoms with Gasteiger partial charge in [-0.1, -0.05) is 12.1 Å². The average Bonchev–Trinajstić information content (AvgIpc) is 2.48. The molecular weight excluding hydrogens is 260 g/mol. The Morgan fingerprint density at radius 3 is 2.76 bits per heavy atom. The minimum Gasteiger partial charge on any atom is -0.398 e. The Morgan fingerprint density at radius 1 is 1.29 bits per heavy atom. The molecule has 1 aromatic carbocycles. The number of hydrogen-bond acceptors (Lipinski definition) is 4. The van der Waals surface area contributed by atoms with E-state index in [1.807, 2.05) is 51.4 Å². The lowest BCUT2D eigenvalue weighted by Crippen LogP contribution is -2.19. The molecule has 0 aliphatic rings. The molecule has 0 radical (unpaired) electrons. The molecule has 0 fully saturated rings. The summed E-state index contributed by atoms with van der Waals surface area (Å²) in [6, 6.07) is 9.84. The number of aryl methyl sites for hydroxylation is 1. The summed E-state index contributed by atoms with van der Waals surface area (Å²) in [4.78, 5) is 6.65. The van der Waals surface area contributed by atoms with Gasteiger partial charge in [0.2, 0.25) is 0 Å². The third-order valence-electron chi connectivity index (χ3n) is 3.60. The summed E-state index contributed by atoms with van der Waals surface area (Å²) in [6.07, 6.45) is 1.82. The van der Waals surface area contributed by atoms with Crippen LogP contribution in [0.25, 0.3) is 0 Å². The zero-order valence-corrected chi connectivity index (χ0v) is 12.7. The van der Waals surface area contributed by atoms with Gasteiger partial charge in [0.1, 0.15) is 0 Å². The van der Waals surface area contributed by atoms with Crippen molar-refractivity contribution in [3.8, 4) is 6.07 Å². The van der Waals surface area contributed by atoms with Crippen molar-refractivity contribution in [2.24, 2.45) is 0 Å². The number of aromatic nitrogens is 1. The summed E-state index contributed by atoms with van der Waals surface area (Å²) < 4.78 is 0. The van der Waals surface area contributed by atoms with E-state index in [1.54, 1.807) is 0 Å². The highest BCUT2D eigenvalue weighted by molar-refractivity contribution is 5.53. The van der Waals surface area contributed by atoms with E-state index in [9.17, 15) is 0 Å². The number of nitrogen functional groups attached to an aromatic ring is 1. The summed E-state index contributed by atoms with van der Waals surface area (Å²) in [7, 11) is 2.04. The summed E-state index contributed by atoms with van der Waals surface area (Å²) in [5, 5.41) is 8.94. The monoisotopic (exact) mass is 280 g/mol. The van der Waals surface area contributed by atoms with Crippen LogP contribution in [0.3, 0.4) is 0 Å². The van der Waals surface area contributed by atoms with Crippen LogP contribution in [-0.2, 0) is 13.1 Å². The van der Waals surface area contributed by atoms with Gasteiger partial charge in [-0.3, -0.25) is 9.88 Å². The molecule has 108 valence electrons. The van der Waals surface area contributed by atoms with Gasteiger partial charge in [-0.05, 0) is 49.7 Å². The SMILES string of the molecule is Cc1cnc(CN(C)Cc2cccc(C#N)c2)c(C)c1N. The van der Waals surface area contributed by atoms with Gasteiger partial charge >= 0.3 is 0 Å². The fourth-order valence-electron chi connectivity index (χ4n) is 2.31. The van der Waals surface area contributed by atoms with Gasteiger partial charge in [-0.25, -0.2) is 0 Å². The van der Waals surface area contributed by atoms with Crippen LogP contribution < -0.4 is 5.73 Å². The Labute approximate surface area is 125 Å². The predicted molar refractivity (Wildman–Crippen MR) is 84.5 cm³/mol. The Balaban J connectivity index is 2.10. The molecule has 2 aromatic rings. The van der Waals surface area contributed by atoms with Crippen molar-refractivity contribution < 1.29 is 0 Å². The molecule has 4 heteroatoms. The van der Waals surface area contributed by atoms with Gasteiger partial charge in [-0.15, -0.1) is 0 Å². The zero-order valence-electron chi connectivity index (χ0n) is 12.7. The van der Waals surface area contributed by atoms with Gasteiger partial charge < -0.3 is 5.73 Å². The van der Waals surface area contributed by atoms with E-state index >= 15 is 0 Å². The molecule has 0 spiro atoms. The van der Waals surface area contributed by atoms with Crippen molar-refractivity contribution in [1.82, 2.24) is 9.88 Å². The molecule has 0 aliphatic heterocycles. The molecule has 0 atom stereocenters. The second kappa shape index (κ2) is 6.38. The topological polar surface area (TPSA) is 65.9 Å². The molecule has 0 amide bonds. The number of nitriles is 1. The Bertz CT molecular complexity index is 686. The molecule has 0 saturated carbocycles. The van der Waals surface area contributed by atoms with Crippen LogP contribution in [-0.4, -0.2) is 16.9 Å². The number of anilines is 1. The van der Waals surface area contributed by atoms with Gasteiger partial charge in [0.15, 0.2) is 0 Å². The van der Waals surface area contributed by atoms with E-state index in [-0.39, 0.29) is 0 Å². The number of hydrogen-bond donors (Lipinski definition) is 1. The fourth-order valence-corrected chi connectivity index (χ4v) is 2.31. The highest BCUT2D eigenvalue weighted by Gasteiger charge is 2.09. The van der Waals surface area contributed by atoms with Crippen LogP contribution in [0.15, 0.2) is 30.5 Å². The third-order valence-corrected chi connectivity index (χ3v) is 3.60. The van der Waals surface area contributed by atoms with Gasteiger partial charge in [0.05, 0.1) is 17.3 Å². The highest BCUT2D eigenvalue weighted by Crippen LogP contribution is 2.19. The molecule has 0 aliphatic carbocycles. The molecular formula is C17H20N4. The number of rotatable bonds is 4.